The summed E-state index contributed by atoms with van der Waals surface area (Å²) in [7, 11) is 1.37. The molecule has 1 aliphatic rings. The minimum atomic E-state index is -0.463. The van der Waals surface area contributed by atoms with E-state index in [1.54, 1.807) is 11.0 Å². The van der Waals surface area contributed by atoms with Crippen LogP contribution in [-0.4, -0.2) is 55.7 Å². The van der Waals surface area contributed by atoms with Gasteiger partial charge in [0, 0.05) is 13.1 Å². The van der Waals surface area contributed by atoms with Crippen molar-refractivity contribution in [2.45, 2.75) is 39.2 Å². The van der Waals surface area contributed by atoms with Crippen LogP contribution in [0.15, 0.2) is 24.3 Å². The third-order valence-electron chi connectivity index (χ3n) is 4.36. The normalized spacial score (nSPS) is 14.7. The average molecular weight is 377 g/mol. The van der Waals surface area contributed by atoms with Gasteiger partial charge in [-0.15, -0.1) is 0 Å². The van der Waals surface area contributed by atoms with Crippen LogP contribution in [0.1, 0.15) is 32.3 Å². The first kappa shape index (κ1) is 20.7. The molecule has 0 spiro atoms. The number of carbonyl (C=O) groups is 3. The van der Waals surface area contributed by atoms with E-state index in [0.717, 1.165) is 5.56 Å². The average Bonchev–Trinajstić information content (AvgIpc) is 2.65. The highest BCUT2D eigenvalue weighted by Crippen LogP contribution is 2.19. The molecule has 27 heavy (non-hydrogen) atoms. The molecule has 7 nitrogen and oxygen atoms in total. The predicted octanol–water partition coefficient (Wildman–Crippen LogP) is 1.97. The van der Waals surface area contributed by atoms with E-state index < -0.39 is 5.97 Å². The van der Waals surface area contributed by atoms with Crippen molar-refractivity contribution >= 4 is 17.8 Å². The van der Waals surface area contributed by atoms with Crippen LogP contribution in [0.5, 0.6) is 5.75 Å². The highest BCUT2D eigenvalue weighted by Gasteiger charge is 2.28. The highest BCUT2D eigenvalue weighted by molar-refractivity contribution is 5.81. The summed E-state index contributed by atoms with van der Waals surface area (Å²) in [5, 5.41) is 0. The van der Waals surface area contributed by atoms with Gasteiger partial charge in [0.2, 0.25) is 0 Å². The molecule has 0 aromatic heterocycles. The highest BCUT2D eigenvalue weighted by atomic mass is 16.5. The molecule has 1 saturated heterocycles. The van der Waals surface area contributed by atoms with Gasteiger partial charge in [0.1, 0.15) is 5.75 Å². The molecule has 0 aliphatic carbocycles. The molecule has 1 heterocycles. The summed E-state index contributed by atoms with van der Waals surface area (Å²) >= 11 is 0. The van der Waals surface area contributed by atoms with Crippen LogP contribution in [0.4, 0.5) is 0 Å². The Hall–Kier alpha value is -2.57. The van der Waals surface area contributed by atoms with Gasteiger partial charge >= 0.3 is 11.9 Å². The van der Waals surface area contributed by atoms with Crippen LogP contribution < -0.4 is 4.74 Å². The Bertz CT molecular complexity index is 664. The molecule has 148 valence electrons. The smallest absolute Gasteiger partial charge is 0.310 e. The van der Waals surface area contributed by atoms with E-state index in [0.29, 0.717) is 31.7 Å². The Morgan fingerprint density at radius 1 is 1.19 bits per heavy atom. The first-order valence-electron chi connectivity index (χ1n) is 9.16. The molecular formula is C20H27NO6. The molecule has 0 unspecified atom stereocenters. The summed E-state index contributed by atoms with van der Waals surface area (Å²) in [4.78, 5) is 37.3. The number of nitrogens with zero attached hydrogens (tertiary/aromatic N) is 1. The third kappa shape index (κ3) is 6.58. The topological polar surface area (TPSA) is 82.1 Å². The van der Waals surface area contributed by atoms with Crippen molar-refractivity contribution in [2.24, 2.45) is 5.92 Å². The molecule has 1 amide bonds. The number of benzene rings is 1. The van der Waals surface area contributed by atoms with Crippen molar-refractivity contribution in [3.63, 3.8) is 0 Å². The number of carbonyl (C=O) groups excluding carboxylic acids is 3. The van der Waals surface area contributed by atoms with E-state index in [-0.39, 0.29) is 36.9 Å². The molecule has 1 fully saturated rings. The second-order valence-electron chi connectivity index (χ2n) is 6.83. The SMILES string of the molecule is COC(=O)C1CCN(C(=O)COC(=O)Cc2cccc(OC(C)C)c2)CC1. The third-order valence-corrected chi connectivity index (χ3v) is 4.36. The van der Waals surface area contributed by atoms with Gasteiger partial charge in [-0.1, -0.05) is 12.1 Å². The van der Waals surface area contributed by atoms with Crippen LogP contribution in [-0.2, 0) is 30.3 Å². The van der Waals surface area contributed by atoms with Gasteiger partial charge in [-0.25, -0.2) is 0 Å². The Balaban J connectivity index is 1.75. The molecule has 0 radical (unpaired) electrons. The molecule has 1 aromatic carbocycles. The number of esters is 2. The number of hydrogen-bond acceptors (Lipinski definition) is 6. The van der Waals surface area contributed by atoms with Crippen LogP contribution in [0, 0.1) is 5.92 Å². The summed E-state index contributed by atoms with van der Waals surface area (Å²) in [6.07, 6.45) is 1.25. The summed E-state index contributed by atoms with van der Waals surface area (Å²) in [5.74, 6) is -0.419. The van der Waals surface area contributed by atoms with Gasteiger partial charge in [0.15, 0.2) is 6.61 Å². The zero-order chi connectivity index (χ0) is 19.8. The lowest BCUT2D eigenvalue weighted by atomic mass is 9.97. The largest absolute Gasteiger partial charge is 0.491 e. The van der Waals surface area contributed by atoms with Crippen LogP contribution in [0.3, 0.4) is 0 Å². The van der Waals surface area contributed by atoms with Crippen molar-refractivity contribution < 1.29 is 28.6 Å². The Kier molecular flexibility index (Phi) is 7.64. The number of likely N-dealkylation sites (tertiary alicyclic amines) is 1. The van der Waals surface area contributed by atoms with Gasteiger partial charge in [0.05, 0.1) is 25.6 Å². The van der Waals surface area contributed by atoms with Gasteiger partial charge in [0.25, 0.3) is 5.91 Å². The number of rotatable bonds is 7. The van der Waals surface area contributed by atoms with E-state index in [1.807, 2.05) is 32.0 Å². The quantitative estimate of drug-likeness (QED) is 0.676. The Morgan fingerprint density at radius 2 is 1.89 bits per heavy atom. The number of methoxy groups -OCH3 is 1. The van der Waals surface area contributed by atoms with Gasteiger partial charge < -0.3 is 19.1 Å². The van der Waals surface area contributed by atoms with Gasteiger partial charge in [-0.05, 0) is 44.4 Å². The summed E-state index contributed by atoms with van der Waals surface area (Å²) in [6.45, 7) is 4.50. The number of amides is 1. The standard InChI is InChI=1S/C20H27NO6/c1-14(2)27-17-6-4-5-15(11-17)12-19(23)26-13-18(22)21-9-7-16(8-10-21)20(24)25-3/h4-6,11,14,16H,7-10,12-13H2,1-3H3. The molecule has 1 aromatic rings. The van der Waals surface area contributed by atoms with Crippen molar-refractivity contribution in [2.75, 3.05) is 26.8 Å². The van der Waals surface area contributed by atoms with E-state index in [4.69, 9.17) is 14.2 Å². The summed E-state index contributed by atoms with van der Waals surface area (Å²) < 4.78 is 15.4. The molecule has 0 saturated carbocycles. The van der Waals surface area contributed by atoms with Gasteiger partial charge in [-0.3, -0.25) is 14.4 Å². The van der Waals surface area contributed by atoms with Crippen molar-refractivity contribution in [3.05, 3.63) is 29.8 Å². The molecule has 0 bridgehead atoms. The maximum absolute atomic E-state index is 12.2. The zero-order valence-electron chi connectivity index (χ0n) is 16.1. The van der Waals surface area contributed by atoms with Crippen molar-refractivity contribution in [3.8, 4) is 5.75 Å². The Labute approximate surface area is 159 Å². The first-order valence-corrected chi connectivity index (χ1v) is 9.16. The predicted molar refractivity (Wildman–Crippen MR) is 98.2 cm³/mol. The molecule has 1 aliphatic heterocycles. The molecular weight excluding hydrogens is 350 g/mol. The summed E-state index contributed by atoms with van der Waals surface area (Å²) in [6, 6.07) is 7.25. The lowest BCUT2D eigenvalue weighted by Gasteiger charge is -2.30. The van der Waals surface area contributed by atoms with Gasteiger partial charge in [-0.2, -0.15) is 0 Å². The van der Waals surface area contributed by atoms with E-state index in [9.17, 15) is 14.4 Å². The second-order valence-corrected chi connectivity index (χ2v) is 6.83. The number of piperidine rings is 1. The monoisotopic (exact) mass is 377 g/mol. The van der Waals surface area contributed by atoms with Crippen molar-refractivity contribution in [1.29, 1.82) is 0 Å². The maximum atomic E-state index is 12.2. The van der Waals surface area contributed by atoms with Crippen LogP contribution in [0.25, 0.3) is 0 Å². The Morgan fingerprint density at radius 3 is 2.52 bits per heavy atom. The van der Waals surface area contributed by atoms with E-state index in [2.05, 4.69) is 0 Å². The fraction of sp³-hybridized carbons (Fsp3) is 0.550. The number of ether oxygens (including phenoxy) is 3. The lowest BCUT2D eigenvalue weighted by molar-refractivity contribution is -0.153. The number of hydrogen-bond donors (Lipinski definition) is 0. The maximum Gasteiger partial charge on any atom is 0.310 e. The minimum Gasteiger partial charge on any atom is -0.491 e. The molecule has 7 heteroatoms. The fourth-order valence-corrected chi connectivity index (χ4v) is 2.98. The first-order chi connectivity index (χ1) is 12.9. The van der Waals surface area contributed by atoms with Crippen molar-refractivity contribution in [1.82, 2.24) is 4.90 Å². The second kappa shape index (κ2) is 9.94. The van der Waals surface area contributed by atoms with E-state index >= 15 is 0 Å². The molecule has 2 rings (SSSR count). The minimum absolute atomic E-state index is 0.0492. The van der Waals surface area contributed by atoms with Crippen LogP contribution in [0.2, 0.25) is 0 Å². The van der Waals surface area contributed by atoms with E-state index in [1.165, 1.54) is 7.11 Å². The lowest BCUT2D eigenvalue weighted by Crippen LogP contribution is -2.42. The summed E-state index contributed by atoms with van der Waals surface area (Å²) in [5.41, 5.74) is 0.768. The molecule has 0 atom stereocenters. The zero-order valence-corrected chi connectivity index (χ0v) is 16.1. The molecule has 0 N–H and O–H groups in total. The fourth-order valence-electron chi connectivity index (χ4n) is 2.98. The van der Waals surface area contributed by atoms with Crippen LogP contribution >= 0.6 is 0 Å².